The average molecular weight is 226 g/mol. The highest BCUT2D eigenvalue weighted by molar-refractivity contribution is 5.86. The number of rotatable bonds is 4. The average Bonchev–Trinajstić information content (AvgIpc) is 2.69. The van der Waals surface area contributed by atoms with Crippen LogP contribution in [-0.2, 0) is 9.53 Å². The van der Waals surface area contributed by atoms with Crippen molar-refractivity contribution in [3.8, 4) is 0 Å². The Labute approximate surface area is 96.9 Å². The molecule has 1 heterocycles. The van der Waals surface area contributed by atoms with Crippen molar-refractivity contribution in [3.05, 3.63) is 0 Å². The molecule has 2 atom stereocenters. The van der Waals surface area contributed by atoms with Crippen molar-refractivity contribution in [2.24, 2.45) is 11.7 Å². The molecular formula is C12H22N2O2. The molecule has 2 rings (SSSR count). The van der Waals surface area contributed by atoms with Gasteiger partial charge in [0.05, 0.1) is 11.6 Å². The molecule has 1 aliphatic heterocycles. The maximum atomic E-state index is 11.8. The standard InChI is InChI=1S/C12H22N2O2/c1-2-10-9(4-7-16-10)8-14-11(15)12(13)5-3-6-12/h9-10H,2-8,13H2,1H3,(H,14,15). The first kappa shape index (κ1) is 11.9. The second-order valence-electron chi connectivity index (χ2n) is 5.09. The molecule has 0 radical (unpaired) electrons. The maximum absolute atomic E-state index is 11.8. The molecule has 2 fully saturated rings. The van der Waals surface area contributed by atoms with Crippen molar-refractivity contribution < 1.29 is 9.53 Å². The van der Waals surface area contributed by atoms with Gasteiger partial charge in [0, 0.05) is 19.1 Å². The van der Waals surface area contributed by atoms with Gasteiger partial charge in [0.2, 0.25) is 5.91 Å². The number of ether oxygens (including phenoxy) is 1. The molecule has 1 amide bonds. The van der Waals surface area contributed by atoms with Gasteiger partial charge in [-0.05, 0) is 32.1 Å². The number of nitrogens with one attached hydrogen (secondary N) is 1. The van der Waals surface area contributed by atoms with Gasteiger partial charge < -0.3 is 15.8 Å². The van der Waals surface area contributed by atoms with Crippen molar-refractivity contribution in [3.63, 3.8) is 0 Å². The predicted molar refractivity (Wildman–Crippen MR) is 61.9 cm³/mol. The summed E-state index contributed by atoms with van der Waals surface area (Å²) in [5.41, 5.74) is 5.39. The zero-order valence-corrected chi connectivity index (χ0v) is 10.00. The molecular weight excluding hydrogens is 204 g/mol. The van der Waals surface area contributed by atoms with Crippen molar-refractivity contribution in [2.75, 3.05) is 13.2 Å². The number of nitrogens with two attached hydrogens (primary N) is 1. The van der Waals surface area contributed by atoms with Gasteiger partial charge in [-0.25, -0.2) is 0 Å². The van der Waals surface area contributed by atoms with Gasteiger partial charge in [-0.3, -0.25) is 4.79 Å². The lowest BCUT2D eigenvalue weighted by molar-refractivity contribution is -0.129. The molecule has 1 aliphatic carbocycles. The molecule has 2 unspecified atom stereocenters. The van der Waals surface area contributed by atoms with Crippen molar-refractivity contribution >= 4 is 5.91 Å². The van der Waals surface area contributed by atoms with Gasteiger partial charge in [-0.1, -0.05) is 6.92 Å². The minimum atomic E-state index is -0.568. The molecule has 0 bridgehead atoms. The maximum Gasteiger partial charge on any atom is 0.240 e. The monoisotopic (exact) mass is 226 g/mol. The van der Waals surface area contributed by atoms with Crippen molar-refractivity contribution in [2.45, 2.75) is 50.7 Å². The summed E-state index contributed by atoms with van der Waals surface area (Å²) in [6, 6.07) is 0. The first-order chi connectivity index (χ1) is 7.65. The van der Waals surface area contributed by atoms with Crippen LogP contribution in [-0.4, -0.2) is 30.7 Å². The number of carbonyl (C=O) groups excluding carboxylic acids is 1. The lowest BCUT2D eigenvalue weighted by Crippen LogP contribution is -2.59. The Morgan fingerprint density at radius 1 is 1.56 bits per heavy atom. The third-order valence-corrected chi connectivity index (χ3v) is 3.97. The smallest absolute Gasteiger partial charge is 0.240 e. The van der Waals surface area contributed by atoms with Crippen molar-refractivity contribution in [1.29, 1.82) is 0 Å². The summed E-state index contributed by atoms with van der Waals surface area (Å²) >= 11 is 0. The zero-order chi connectivity index (χ0) is 11.6. The Kier molecular flexibility index (Phi) is 3.50. The molecule has 4 nitrogen and oxygen atoms in total. The second kappa shape index (κ2) is 4.72. The Morgan fingerprint density at radius 2 is 2.31 bits per heavy atom. The van der Waals surface area contributed by atoms with Crippen LogP contribution in [0.4, 0.5) is 0 Å². The normalized spacial score (nSPS) is 32.1. The first-order valence-corrected chi connectivity index (χ1v) is 6.34. The fourth-order valence-corrected chi connectivity index (χ4v) is 2.56. The molecule has 0 aromatic heterocycles. The Bertz CT molecular complexity index is 264. The van der Waals surface area contributed by atoms with E-state index in [2.05, 4.69) is 12.2 Å². The van der Waals surface area contributed by atoms with E-state index in [0.29, 0.717) is 12.0 Å². The van der Waals surface area contributed by atoms with Gasteiger partial charge >= 0.3 is 0 Å². The molecule has 0 spiro atoms. The van der Waals surface area contributed by atoms with Gasteiger partial charge in [-0.15, -0.1) is 0 Å². The minimum Gasteiger partial charge on any atom is -0.378 e. The fourth-order valence-electron chi connectivity index (χ4n) is 2.56. The SMILES string of the molecule is CCC1OCCC1CNC(=O)C1(N)CCC1. The quantitative estimate of drug-likeness (QED) is 0.745. The third kappa shape index (κ3) is 2.23. The van der Waals surface area contributed by atoms with E-state index in [1.807, 2.05) is 0 Å². The van der Waals surface area contributed by atoms with E-state index in [-0.39, 0.29) is 5.91 Å². The van der Waals surface area contributed by atoms with E-state index in [9.17, 15) is 4.79 Å². The van der Waals surface area contributed by atoms with E-state index in [1.165, 1.54) is 0 Å². The van der Waals surface area contributed by atoms with Gasteiger partial charge in [0.1, 0.15) is 0 Å². The number of carbonyl (C=O) groups is 1. The van der Waals surface area contributed by atoms with Crippen LogP contribution in [0.15, 0.2) is 0 Å². The van der Waals surface area contributed by atoms with Crippen LogP contribution in [0, 0.1) is 5.92 Å². The number of hydrogen-bond acceptors (Lipinski definition) is 3. The topological polar surface area (TPSA) is 64.3 Å². The number of amides is 1. The molecule has 92 valence electrons. The summed E-state index contributed by atoms with van der Waals surface area (Å²) in [5.74, 6) is 0.498. The first-order valence-electron chi connectivity index (χ1n) is 6.34. The highest BCUT2D eigenvalue weighted by Gasteiger charge is 2.40. The van der Waals surface area contributed by atoms with Crippen molar-refractivity contribution in [1.82, 2.24) is 5.32 Å². The molecule has 1 saturated carbocycles. The Morgan fingerprint density at radius 3 is 2.88 bits per heavy atom. The minimum absolute atomic E-state index is 0.0282. The Hall–Kier alpha value is -0.610. The van der Waals surface area contributed by atoms with E-state index in [4.69, 9.17) is 10.5 Å². The van der Waals surface area contributed by atoms with Crippen LogP contribution in [0.3, 0.4) is 0 Å². The predicted octanol–water partition coefficient (Wildman–Crippen LogP) is 0.799. The van der Waals surface area contributed by atoms with Crippen LogP contribution in [0.25, 0.3) is 0 Å². The highest BCUT2D eigenvalue weighted by Crippen LogP contribution is 2.29. The summed E-state index contributed by atoms with van der Waals surface area (Å²) in [6.45, 7) is 3.67. The number of hydrogen-bond donors (Lipinski definition) is 2. The lowest BCUT2D eigenvalue weighted by atomic mass is 9.77. The molecule has 1 saturated heterocycles. The molecule has 16 heavy (non-hydrogen) atoms. The van der Waals surface area contributed by atoms with Gasteiger partial charge in [0.15, 0.2) is 0 Å². The second-order valence-corrected chi connectivity index (χ2v) is 5.09. The van der Waals surface area contributed by atoms with Gasteiger partial charge in [0.25, 0.3) is 0 Å². The molecule has 0 aromatic rings. The van der Waals surface area contributed by atoms with E-state index < -0.39 is 5.54 Å². The third-order valence-electron chi connectivity index (χ3n) is 3.97. The van der Waals surface area contributed by atoms with Crippen LogP contribution in [0.5, 0.6) is 0 Å². The summed E-state index contributed by atoms with van der Waals surface area (Å²) in [4.78, 5) is 11.8. The molecule has 0 aromatic carbocycles. The largest absolute Gasteiger partial charge is 0.378 e. The van der Waals surface area contributed by atoms with E-state index in [1.54, 1.807) is 0 Å². The lowest BCUT2D eigenvalue weighted by Gasteiger charge is -2.36. The van der Waals surface area contributed by atoms with Crippen LogP contribution in [0.2, 0.25) is 0 Å². The highest BCUT2D eigenvalue weighted by atomic mass is 16.5. The van der Waals surface area contributed by atoms with E-state index >= 15 is 0 Å². The van der Waals surface area contributed by atoms with Crippen LogP contribution < -0.4 is 11.1 Å². The fraction of sp³-hybridized carbons (Fsp3) is 0.917. The summed E-state index contributed by atoms with van der Waals surface area (Å²) in [5, 5.41) is 2.99. The Balaban J connectivity index is 1.76. The molecule has 2 aliphatic rings. The van der Waals surface area contributed by atoms with Gasteiger partial charge in [-0.2, -0.15) is 0 Å². The van der Waals surface area contributed by atoms with Crippen LogP contribution >= 0.6 is 0 Å². The summed E-state index contributed by atoms with van der Waals surface area (Å²) in [7, 11) is 0. The zero-order valence-electron chi connectivity index (χ0n) is 10.00. The molecule has 3 N–H and O–H groups in total. The summed E-state index contributed by atoms with van der Waals surface area (Å²) in [6.07, 6.45) is 5.13. The van der Waals surface area contributed by atoms with E-state index in [0.717, 1.165) is 45.3 Å². The molecule has 4 heteroatoms. The summed E-state index contributed by atoms with van der Waals surface area (Å²) < 4.78 is 5.59. The van der Waals surface area contributed by atoms with Crippen LogP contribution in [0.1, 0.15) is 39.0 Å².